The maximum absolute atomic E-state index is 13.5. The fourth-order valence-corrected chi connectivity index (χ4v) is 7.86. The number of para-hydroxylation sites is 2. The van der Waals surface area contributed by atoms with Crippen LogP contribution in [0.4, 0.5) is 4.79 Å². The maximum Gasteiger partial charge on any atom is 0.410 e. The van der Waals surface area contributed by atoms with Gasteiger partial charge in [0, 0.05) is 48.7 Å². The number of carbonyl (C=O) groups is 2. The number of likely N-dealkylation sites (N-methyl/N-ethyl adjacent to an activating group) is 1. The van der Waals surface area contributed by atoms with Crippen LogP contribution in [0.1, 0.15) is 56.3 Å². The highest BCUT2D eigenvalue weighted by Gasteiger charge is 2.55. The van der Waals surface area contributed by atoms with Crippen LogP contribution in [0.3, 0.4) is 0 Å². The van der Waals surface area contributed by atoms with Gasteiger partial charge in [-0.15, -0.1) is 0 Å². The third-order valence-corrected chi connectivity index (χ3v) is 9.38. The van der Waals surface area contributed by atoms with Crippen molar-refractivity contribution in [3.05, 3.63) is 59.7 Å². The van der Waals surface area contributed by atoms with E-state index in [0.717, 1.165) is 54.7 Å². The summed E-state index contributed by atoms with van der Waals surface area (Å²) in [5, 5.41) is 7.18. The van der Waals surface area contributed by atoms with Gasteiger partial charge in [0.15, 0.2) is 5.72 Å². The predicted octanol–water partition coefficient (Wildman–Crippen LogP) is 6.00. The summed E-state index contributed by atoms with van der Waals surface area (Å²) in [4.78, 5) is 28.6. The zero-order valence-corrected chi connectivity index (χ0v) is 24.6. The van der Waals surface area contributed by atoms with Crippen LogP contribution in [0.25, 0.3) is 43.6 Å². The molecule has 9 nitrogen and oxygen atoms in total. The molecule has 3 aliphatic heterocycles. The quantitative estimate of drug-likeness (QED) is 0.283. The molecule has 0 saturated carbocycles. The van der Waals surface area contributed by atoms with Crippen LogP contribution in [0.5, 0.6) is 0 Å². The number of carbonyl (C=O) groups excluding carboxylic acids is 2. The molecule has 1 fully saturated rings. The number of ether oxygens (including phenoxy) is 3. The number of amides is 2. The molecule has 0 aliphatic carbocycles. The number of nitrogens with zero attached hydrogens (tertiary/aromatic N) is 3. The minimum Gasteiger partial charge on any atom is -0.444 e. The second-order valence-electron chi connectivity index (χ2n) is 12.9. The lowest BCUT2D eigenvalue weighted by Gasteiger charge is -2.50. The molecule has 2 bridgehead atoms. The molecule has 2 unspecified atom stereocenters. The molecule has 3 aromatic carbocycles. The summed E-state index contributed by atoms with van der Waals surface area (Å²) in [6, 6.07) is 16.1. The molecule has 216 valence electrons. The van der Waals surface area contributed by atoms with Crippen molar-refractivity contribution in [2.24, 2.45) is 0 Å². The lowest BCUT2D eigenvalue weighted by molar-refractivity contribution is -0.265. The SMILES string of the molecule is COC1C(N(C)C(=O)OC(C)(C)C)C[C@@H]2O[C@@]1(C)n1c3ccccc3c3c4c(c5c6ccccc6n2c5c31)C(=O)NC4. The van der Waals surface area contributed by atoms with E-state index in [1.807, 2.05) is 45.0 Å². The largest absolute Gasteiger partial charge is 0.444 e. The Morgan fingerprint density at radius 2 is 1.71 bits per heavy atom. The zero-order chi connectivity index (χ0) is 29.3. The minimum absolute atomic E-state index is 0.0525. The first-order valence-corrected chi connectivity index (χ1v) is 14.5. The molecule has 0 spiro atoms. The van der Waals surface area contributed by atoms with Crippen LogP contribution >= 0.6 is 0 Å². The molecule has 5 aromatic rings. The number of nitrogens with one attached hydrogen (secondary N) is 1. The topological polar surface area (TPSA) is 87.0 Å². The van der Waals surface area contributed by atoms with Gasteiger partial charge < -0.3 is 33.6 Å². The molecule has 8 rings (SSSR count). The van der Waals surface area contributed by atoms with Crippen LogP contribution in [0, 0.1) is 0 Å². The molecule has 1 N–H and O–H groups in total. The van der Waals surface area contributed by atoms with E-state index >= 15 is 0 Å². The summed E-state index contributed by atoms with van der Waals surface area (Å²) >= 11 is 0. The zero-order valence-electron chi connectivity index (χ0n) is 24.6. The number of hydrogen-bond donors (Lipinski definition) is 1. The highest BCUT2D eigenvalue weighted by atomic mass is 16.6. The van der Waals surface area contributed by atoms with Crippen LogP contribution < -0.4 is 5.32 Å². The molecular weight excluding hydrogens is 532 g/mol. The Kier molecular flexibility index (Phi) is 5.04. The van der Waals surface area contributed by atoms with E-state index < -0.39 is 29.8 Å². The predicted molar refractivity (Wildman–Crippen MR) is 161 cm³/mol. The number of rotatable bonds is 2. The Morgan fingerprint density at radius 3 is 2.40 bits per heavy atom. The second-order valence-corrected chi connectivity index (χ2v) is 12.9. The molecule has 3 aliphatic rings. The van der Waals surface area contributed by atoms with Crippen molar-refractivity contribution in [3.8, 4) is 0 Å². The summed E-state index contributed by atoms with van der Waals surface area (Å²) in [5.41, 5.74) is 4.08. The van der Waals surface area contributed by atoms with Gasteiger partial charge in [0.2, 0.25) is 0 Å². The summed E-state index contributed by atoms with van der Waals surface area (Å²) in [6.07, 6.45) is -0.896. The van der Waals surface area contributed by atoms with Gasteiger partial charge >= 0.3 is 6.09 Å². The van der Waals surface area contributed by atoms with Gasteiger partial charge in [-0.3, -0.25) is 4.79 Å². The van der Waals surface area contributed by atoms with Crippen LogP contribution in [0.15, 0.2) is 48.5 Å². The standard InChI is InChI=1S/C33H34N4O5/c1-32(2,3)42-31(39)35(5)22-15-23-36-20-13-9-7-11-17(20)25-26-19(16-34-30(26)38)24-18-12-8-10-14-21(18)37(28(24)27(25)36)33(4,41-23)29(22)40-6/h7-14,22-23,29H,15-16H2,1-6H3,(H,34,38)/t22?,23-,29?,33+/m0/s1. The Bertz CT molecular complexity index is 2000. The van der Waals surface area contributed by atoms with Crippen LogP contribution in [-0.4, -0.2) is 57.9 Å². The lowest BCUT2D eigenvalue weighted by Crippen LogP contribution is -2.61. The monoisotopic (exact) mass is 566 g/mol. The maximum atomic E-state index is 13.5. The van der Waals surface area contributed by atoms with Crippen molar-refractivity contribution in [1.29, 1.82) is 0 Å². The highest BCUT2D eigenvalue weighted by molar-refractivity contribution is 6.31. The van der Waals surface area contributed by atoms with Crippen molar-refractivity contribution in [3.63, 3.8) is 0 Å². The second kappa shape index (κ2) is 8.26. The van der Waals surface area contributed by atoms with Gasteiger partial charge in [-0.2, -0.15) is 0 Å². The van der Waals surface area contributed by atoms with E-state index in [1.165, 1.54) is 0 Å². The number of hydrogen-bond acceptors (Lipinski definition) is 5. The van der Waals surface area contributed by atoms with Crippen molar-refractivity contribution < 1.29 is 23.8 Å². The van der Waals surface area contributed by atoms with E-state index in [9.17, 15) is 9.59 Å². The van der Waals surface area contributed by atoms with Crippen molar-refractivity contribution in [2.45, 2.75) is 70.4 Å². The first-order valence-electron chi connectivity index (χ1n) is 14.5. The van der Waals surface area contributed by atoms with E-state index in [2.05, 4.69) is 45.6 Å². The normalized spacial score (nSPS) is 24.9. The molecule has 2 amide bonds. The first-order chi connectivity index (χ1) is 20.0. The molecule has 0 radical (unpaired) electrons. The Hall–Kier alpha value is -4.08. The molecule has 2 aromatic heterocycles. The third-order valence-electron chi connectivity index (χ3n) is 9.38. The summed E-state index contributed by atoms with van der Waals surface area (Å²) in [6.45, 7) is 8.14. The third kappa shape index (κ3) is 3.10. The number of fused-ring (bicyclic) bond motifs is 13. The van der Waals surface area contributed by atoms with Crippen LogP contribution in [0.2, 0.25) is 0 Å². The van der Waals surface area contributed by atoms with Crippen molar-refractivity contribution in [2.75, 3.05) is 14.2 Å². The Labute approximate surface area is 242 Å². The van der Waals surface area contributed by atoms with Gasteiger partial charge in [0.05, 0.1) is 33.7 Å². The minimum atomic E-state index is -1.00. The molecule has 1 saturated heterocycles. The summed E-state index contributed by atoms with van der Waals surface area (Å²) in [5.74, 6) is -0.0525. The molecular formula is C33H34N4O5. The van der Waals surface area contributed by atoms with Gasteiger partial charge in [0.25, 0.3) is 5.91 Å². The van der Waals surface area contributed by atoms with Crippen LogP contribution in [-0.2, 0) is 26.5 Å². The first kappa shape index (κ1) is 25.6. The van der Waals surface area contributed by atoms with Crippen molar-refractivity contribution in [1.82, 2.24) is 19.4 Å². The number of aromatic nitrogens is 2. The summed E-state index contributed by atoms with van der Waals surface area (Å²) in [7, 11) is 3.46. The number of benzene rings is 3. The number of methoxy groups -OCH3 is 1. The van der Waals surface area contributed by atoms with E-state index in [4.69, 9.17) is 14.2 Å². The molecule has 4 atom stereocenters. The fourth-order valence-electron chi connectivity index (χ4n) is 7.86. The Balaban J connectivity index is 1.52. The average molecular weight is 567 g/mol. The smallest absolute Gasteiger partial charge is 0.410 e. The fraction of sp³-hybridized carbons (Fsp3) is 0.394. The van der Waals surface area contributed by atoms with Gasteiger partial charge in [-0.1, -0.05) is 36.4 Å². The average Bonchev–Trinajstić information content (AvgIpc) is 3.59. The Morgan fingerprint density at radius 1 is 1.05 bits per heavy atom. The van der Waals surface area contributed by atoms with Gasteiger partial charge in [0.1, 0.15) is 17.9 Å². The highest BCUT2D eigenvalue weighted by Crippen LogP contribution is 2.54. The van der Waals surface area contributed by atoms with Gasteiger partial charge in [-0.05, 0) is 45.4 Å². The van der Waals surface area contributed by atoms with E-state index in [0.29, 0.717) is 13.0 Å². The van der Waals surface area contributed by atoms with E-state index in [-0.39, 0.29) is 11.9 Å². The van der Waals surface area contributed by atoms with Crippen molar-refractivity contribution >= 4 is 55.6 Å². The van der Waals surface area contributed by atoms with E-state index in [1.54, 1.807) is 19.1 Å². The van der Waals surface area contributed by atoms with Gasteiger partial charge in [-0.25, -0.2) is 4.79 Å². The lowest BCUT2D eigenvalue weighted by atomic mass is 9.92. The molecule has 9 heteroatoms. The summed E-state index contributed by atoms with van der Waals surface area (Å²) < 4.78 is 23.8. The molecule has 5 heterocycles. The molecule has 42 heavy (non-hydrogen) atoms.